The molecule has 17 heavy (non-hydrogen) atoms. The van der Waals surface area contributed by atoms with Crippen molar-refractivity contribution >= 4 is 22.9 Å². The van der Waals surface area contributed by atoms with E-state index in [1.165, 1.54) is 37.1 Å². The molecular formula is C14H18N2S. The Morgan fingerprint density at radius 3 is 2.82 bits per heavy atom. The van der Waals surface area contributed by atoms with E-state index in [1.54, 1.807) is 0 Å². The topological polar surface area (TPSA) is 29.3 Å². The lowest BCUT2D eigenvalue weighted by molar-refractivity contribution is 0.553. The highest BCUT2D eigenvalue weighted by molar-refractivity contribution is 7.80. The van der Waals surface area contributed by atoms with E-state index in [2.05, 4.69) is 30.0 Å². The molecule has 90 valence electrons. The van der Waals surface area contributed by atoms with Crippen LogP contribution in [0, 0.1) is 12.8 Å². The van der Waals surface area contributed by atoms with Gasteiger partial charge in [-0.3, -0.25) is 0 Å². The molecule has 1 aromatic carbocycles. The third kappa shape index (κ3) is 1.82. The van der Waals surface area contributed by atoms with Gasteiger partial charge < -0.3 is 10.6 Å². The summed E-state index contributed by atoms with van der Waals surface area (Å²) in [6.45, 7) is 3.27. The van der Waals surface area contributed by atoms with Gasteiger partial charge in [-0.05, 0) is 44.2 Å². The summed E-state index contributed by atoms with van der Waals surface area (Å²) in [5, 5.41) is 0. The predicted octanol–water partition coefficient (Wildman–Crippen LogP) is 2.62. The van der Waals surface area contributed by atoms with Crippen LogP contribution in [0.5, 0.6) is 0 Å². The molecule has 0 spiro atoms. The molecule has 1 aromatic rings. The summed E-state index contributed by atoms with van der Waals surface area (Å²) in [5.74, 6) is 0.889. The summed E-state index contributed by atoms with van der Waals surface area (Å²) in [6.07, 6.45) is 4.08. The molecule has 2 aliphatic rings. The normalized spacial score (nSPS) is 26.5. The highest BCUT2D eigenvalue weighted by Gasteiger charge is 2.38. The Balaban J connectivity index is 2.00. The zero-order valence-corrected chi connectivity index (χ0v) is 11.0. The molecule has 3 heteroatoms. The van der Waals surface area contributed by atoms with E-state index in [-0.39, 0.29) is 0 Å². The molecule has 3 rings (SSSR count). The van der Waals surface area contributed by atoms with E-state index in [0.29, 0.717) is 4.99 Å². The van der Waals surface area contributed by atoms with E-state index in [0.717, 1.165) is 17.5 Å². The summed E-state index contributed by atoms with van der Waals surface area (Å²) in [5.41, 5.74) is 9.37. The number of nitrogens with two attached hydrogens (primary N) is 1. The van der Waals surface area contributed by atoms with Gasteiger partial charge in [-0.25, -0.2) is 0 Å². The molecule has 0 radical (unpaired) electrons. The summed E-state index contributed by atoms with van der Waals surface area (Å²) < 4.78 is 0. The summed E-state index contributed by atoms with van der Waals surface area (Å²) in [4.78, 5) is 3.04. The van der Waals surface area contributed by atoms with Crippen LogP contribution < -0.4 is 10.6 Å². The Kier molecular flexibility index (Phi) is 2.58. The smallest absolute Gasteiger partial charge is 0.106 e. The molecule has 0 amide bonds. The highest BCUT2D eigenvalue weighted by Crippen LogP contribution is 2.41. The lowest BCUT2D eigenvalue weighted by Crippen LogP contribution is -2.33. The number of thiocarbonyl (C=S) groups is 1. The standard InChI is InChI=1S/C14H18N2S/c1-9-2-5-13(12(6-9)14(15)17)16-8-10-3-4-11(16)7-10/h2,5-6,10-11H,3-4,7-8H2,1H3,(H2,15,17). The number of fused-ring (bicyclic) bond motifs is 2. The second kappa shape index (κ2) is 3.98. The fraction of sp³-hybridized carbons (Fsp3) is 0.500. The molecule has 1 saturated carbocycles. The minimum atomic E-state index is 0.520. The SMILES string of the molecule is Cc1ccc(N2CC3CCC2C3)c(C(N)=S)c1. The number of aryl methyl sites for hydroxylation is 1. The van der Waals surface area contributed by atoms with Crippen LogP contribution in [0.4, 0.5) is 5.69 Å². The second-order valence-electron chi connectivity index (χ2n) is 5.37. The molecular weight excluding hydrogens is 228 g/mol. The third-order valence-corrected chi connectivity index (χ3v) is 4.36. The highest BCUT2D eigenvalue weighted by atomic mass is 32.1. The van der Waals surface area contributed by atoms with Gasteiger partial charge in [-0.15, -0.1) is 0 Å². The quantitative estimate of drug-likeness (QED) is 0.813. The van der Waals surface area contributed by atoms with Crippen molar-refractivity contribution in [2.75, 3.05) is 11.4 Å². The van der Waals surface area contributed by atoms with Crippen molar-refractivity contribution in [2.24, 2.45) is 11.7 Å². The van der Waals surface area contributed by atoms with Gasteiger partial charge in [0.2, 0.25) is 0 Å². The van der Waals surface area contributed by atoms with Gasteiger partial charge in [-0.2, -0.15) is 0 Å². The van der Waals surface area contributed by atoms with Gasteiger partial charge >= 0.3 is 0 Å². The van der Waals surface area contributed by atoms with E-state index in [1.807, 2.05) is 0 Å². The Hall–Kier alpha value is -1.09. The predicted molar refractivity (Wildman–Crippen MR) is 75.5 cm³/mol. The van der Waals surface area contributed by atoms with Crippen molar-refractivity contribution < 1.29 is 0 Å². The van der Waals surface area contributed by atoms with Gasteiger partial charge in [-0.1, -0.05) is 23.8 Å². The van der Waals surface area contributed by atoms with Gasteiger partial charge in [0.1, 0.15) is 4.99 Å². The summed E-state index contributed by atoms with van der Waals surface area (Å²) in [7, 11) is 0. The van der Waals surface area contributed by atoms with Crippen LogP contribution in [0.2, 0.25) is 0 Å². The van der Waals surface area contributed by atoms with Crippen molar-refractivity contribution in [2.45, 2.75) is 32.2 Å². The molecule has 2 unspecified atom stereocenters. The van der Waals surface area contributed by atoms with Crippen LogP contribution in [-0.2, 0) is 0 Å². The van der Waals surface area contributed by atoms with Crippen LogP contribution in [0.3, 0.4) is 0 Å². The van der Waals surface area contributed by atoms with Gasteiger partial charge in [0.15, 0.2) is 0 Å². The molecule has 1 saturated heterocycles. The Bertz CT molecular complexity index is 469. The largest absolute Gasteiger partial charge is 0.389 e. The molecule has 2 bridgehead atoms. The van der Waals surface area contributed by atoms with Crippen LogP contribution >= 0.6 is 12.2 Å². The Labute approximate surface area is 108 Å². The molecule has 2 fully saturated rings. The van der Waals surface area contributed by atoms with Crippen LogP contribution in [0.25, 0.3) is 0 Å². The maximum Gasteiger partial charge on any atom is 0.106 e. The molecule has 1 heterocycles. The Morgan fingerprint density at radius 1 is 1.41 bits per heavy atom. The molecule has 1 aliphatic carbocycles. The molecule has 2 nitrogen and oxygen atoms in total. The first-order valence-corrected chi connectivity index (χ1v) is 6.73. The van der Waals surface area contributed by atoms with E-state index < -0.39 is 0 Å². The monoisotopic (exact) mass is 246 g/mol. The van der Waals surface area contributed by atoms with Crippen molar-refractivity contribution in [1.82, 2.24) is 0 Å². The molecule has 2 N–H and O–H groups in total. The average Bonchev–Trinajstić information content (AvgIpc) is 2.90. The number of benzene rings is 1. The van der Waals surface area contributed by atoms with Gasteiger partial charge in [0.05, 0.1) is 0 Å². The second-order valence-corrected chi connectivity index (χ2v) is 5.81. The van der Waals surface area contributed by atoms with E-state index >= 15 is 0 Å². The maximum absolute atomic E-state index is 5.85. The Morgan fingerprint density at radius 2 is 2.24 bits per heavy atom. The fourth-order valence-corrected chi connectivity index (χ4v) is 3.48. The first kappa shape index (κ1) is 11.0. The van der Waals surface area contributed by atoms with Crippen LogP contribution in [0.15, 0.2) is 18.2 Å². The molecule has 1 aliphatic heterocycles. The summed E-state index contributed by atoms with van der Waals surface area (Å²) >= 11 is 5.18. The van der Waals surface area contributed by atoms with Gasteiger partial charge in [0.25, 0.3) is 0 Å². The van der Waals surface area contributed by atoms with Crippen LogP contribution in [0.1, 0.15) is 30.4 Å². The minimum Gasteiger partial charge on any atom is -0.389 e. The van der Waals surface area contributed by atoms with Crippen molar-refractivity contribution in [1.29, 1.82) is 0 Å². The average molecular weight is 246 g/mol. The zero-order chi connectivity index (χ0) is 12.0. The third-order valence-electron chi connectivity index (χ3n) is 4.14. The number of hydrogen-bond acceptors (Lipinski definition) is 2. The van der Waals surface area contributed by atoms with Crippen molar-refractivity contribution in [3.63, 3.8) is 0 Å². The maximum atomic E-state index is 5.85. The fourth-order valence-electron chi connectivity index (χ4n) is 3.32. The first-order chi connectivity index (χ1) is 8.15. The number of anilines is 1. The number of rotatable bonds is 2. The summed E-state index contributed by atoms with van der Waals surface area (Å²) in [6, 6.07) is 7.17. The lowest BCUT2D eigenvalue weighted by atomic mass is 10.0. The first-order valence-electron chi connectivity index (χ1n) is 6.32. The molecule has 0 aromatic heterocycles. The van der Waals surface area contributed by atoms with E-state index in [9.17, 15) is 0 Å². The van der Waals surface area contributed by atoms with Crippen molar-refractivity contribution in [3.05, 3.63) is 29.3 Å². The number of hydrogen-bond donors (Lipinski definition) is 1. The van der Waals surface area contributed by atoms with Crippen LogP contribution in [-0.4, -0.2) is 17.6 Å². The number of nitrogens with zero attached hydrogens (tertiary/aromatic N) is 1. The zero-order valence-electron chi connectivity index (χ0n) is 10.1. The minimum absolute atomic E-state index is 0.520. The van der Waals surface area contributed by atoms with E-state index in [4.69, 9.17) is 18.0 Å². The van der Waals surface area contributed by atoms with Crippen molar-refractivity contribution in [3.8, 4) is 0 Å². The molecule has 2 atom stereocenters. The number of piperidine rings is 1. The van der Waals surface area contributed by atoms with Gasteiger partial charge in [0, 0.05) is 23.8 Å². The lowest BCUT2D eigenvalue weighted by Gasteiger charge is -2.31.